The van der Waals surface area contributed by atoms with Gasteiger partial charge in [-0.1, -0.05) is 6.07 Å². The summed E-state index contributed by atoms with van der Waals surface area (Å²) < 4.78 is 0.965. The minimum Gasteiger partial charge on any atom is -0.506 e. The highest BCUT2D eigenvalue weighted by Crippen LogP contribution is 2.34. The maximum Gasteiger partial charge on any atom is 0.335 e. The monoisotopic (exact) mass is 782 g/mol. The molecule has 0 aliphatic carbocycles. The van der Waals surface area contributed by atoms with Crippen molar-refractivity contribution in [3.8, 4) is 5.75 Å². The number of phenolic OH excluding ortho intramolecular Hbond substituents is 1. The normalized spacial score (nSPS) is 17.8. The number of aromatic nitrogens is 1. The summed E-state index contributed by atoms with van der Waals surface area (Å²) in [7, 11) is 0. The molecule has 252 valence electrons. The molecule has 2 saturated heterocycles. The first-order valence-electron chi connectivity index (χ1n) is 15.9. The van der Waals surface area contributed by atoms with Crippen LogP contribution in [0.4, 0.5) is 15.3 Å². The molecule has 3 aliphatic rings. The highest BCUT2D eigenvalue weighted by Gasteiger charge is 2.35. The Labute approximate surface area is 294 Å². The van der Waals surface area contributed by atoms with E-state index in [1.54, 1.807) is 40.4 Å². The molecule has 0 spiro atoms. The lowest BCUT2D eigenvalue weighted by molar-refractivity contribution is -0.134. The van der Waals surface area contributed by atoms with Gasteiger partial charge < -0.3 is 35.5 Å². The van der Waals surface area contributed by atoms with Crippen molar-refractivity contribution < 1.29 is 29.4 Å². The number of carboxylic acids is 1. The number of fused-ring (bicyclic) bond motifs is 1. The minimum absolute atomic E-state index is 0.0580. The quantitative estimate of drug-likeness (QED) is 0.245. The maximum atomic E-state index is 14.0. The van der Waals surface area contributed by atoms with Crippen molar-refractivity contribution in [2.75, 3.05) is 31.5 Å². The summed E-state index contributed by atoms with van der Waals surface area (Å²) in [6.07, 6.45) is 6.55. The van der Waals surface area contributed by atoms with Crippen LogP contribution in [0, 0.1) is 0 Å². The zero-order valence-electron chi connectivity index (χ0n) is 26.1. The Morgan fingerprint density at radius 3 is 2.23 bits per heavy atom. The number of carbonyl (C=O) groups is 4. The molecule has 4 heterocycles. The van der Waals surface area contributed by atoms with Gasteiger partial charge in [-0.3, -0.25) is 9.78 Å². The van der Waals surface area contributed by atoms with E-state index in [4.69, 9.17) is 0 Å². The van der Waals surface area contributed by atoms with Crippen molar-refractivity contribution in [2.45, 2.75) is 56.7 Å². The Bertz CT molecular complexity index is 1690. The van der Waals surface area contributed by atoms with E-state index in [1.165, 1.54) is 17.7 Å². The Hall–Kier alpha value is -4.17. The topological polar surface area (TPSA) is 155 Å². The predicted octanol–water partition coefficient (Wildman–Crippen LogP) is 5.55. The fourth-order valence-corrected chi connectivity index (χ4v) is 8.06. The summed E-state index contributed by atoms with van der Waals surface area (Å²) in [4.78, 5) is 61.3. The molecule has 6 rings (SSSR count). The molecule has 12 nitrogen and oxygen atoms in total. The number of rotatable bonds is 7. The number of phenols is 1. The van der Waals surface area contributed by atoms with Gasteiger partial charge in [-0.15, -0.1) is 0 Å². The Morgan fingerprint density at radius 1 is 0.938 bits per heavy atom. The summed E-state index contributed by atoms with van der Waals surface area (Å²) in [5.74, 6) is -0.810. The van der Waals surface area contributed by atoms with Gasteiger partial charge in [-0.25, -0.2) is 14.4 Å². The van der Waals surface area contributed by atoms with Gasteiger partial charge in [0, 0.05) is 63.3 Å². The van der Waals surface area contributed by atoms with Crippen molar-refractivity contribution in [2.24, 2.45) is 0 Å². The van der Waals surface area contributed by atoms with Gasteiger partial charge in [0.15, 0.2) is 0 Å². The number of urea groups is 2. The molecule has 4 N–H and O–H groups in total. The maximum absolute atomic E-state index is 14.0. The molecule has 1 aromatic heterocycles. The highest BCUT2D eigenvalue weighted by atomic mass is 79.9. The van der Waals surface area contributed by atoms with Crippen LogP contribution in [0.2, 0.25) is 0 Å². The number of pyridine rings is 1. The van der Waals surface area contributed by atoms with Gasteiger partial charge in [0.05, 0.1) is 14.5 Å². The van der Waals surface area contributed by atoms with E-state index in [0.717, 1.165) is 24.0 Å². The fraction of sp³-hybridized carbons (Fsp3) is 0.382. The third-order valence-electron chi connectivity index (χ3n) is 9.49. The molecule has 5 amide bonds. The van der Waals surface area contributed by atoms with E-state index in [2.05, 4.69) is 47.5 Å². The number of likely N-dealkylation sites (tertiary alicyclic amines) is 2. The summed E-state index contributed by atoms with van der Waals surface area (Å²) in [6, 6.07) is 10.7. The number of nitrogens with zero attached hydrogens (tertiary/aromatic N) is 4. The largest absolute Gasteiger partial charge is 0.506 e. The smallest absolute Gasteiger partial charge is 0.335 e. The molecule has 2 aromatic carbocycles. The van der Waals surface area contributed by atoms with E-state index in [-0.39, 0.29) is 41.7 Å². The van der Waals surface area contributed by atoms with Gasteiger partial charge >= 0.3 is 18.0 Å². The molecule has 14 heteroatoms. The average molecular weight is 785 g/mol. The van der Waals surface area contributed by atoms with Gasteiger partial charge in [-0.05, 0) is 117 Å². The molecule has 2 fully saturated rings. The summed E-state index contributed by atoms with van der Waals surface area (Å²) >= 11 is 6.74. The first-order valence-corrected chi connectivity index (χ1v) is 17.5. The molecule has 48 heavy (non-hydrogen) atoms. The van der Waals surface area contributed by atoms with Crippen molar-refractivity contribution in [3.63, 3.8) is 0 Å². The van der Waals surface area contributed by atoms with Crippen LogP contribution in [0.5, 0.6) is 5.75 Å². The number of aromatic carboxylic acids is 1. The fourth-order valence-electron chi connectivity index (χ4n) is 6.78. The number of hydrogen-bond acceptors (Lipinski definition) is 6. The third kappa shape index (κ3) is 7.44. The first-order chi connectivity index (χ1) is 23.1. The van der Waals surface area contributed by atoms with Crippen molar-refractivity contribution >= 4 is 61.5 Å². The number of aromatic hydroxyl groups is 1. The van der Waals surface area contributed by atoms with Crippen LogP contribution in [0.15, 0.2) is 63.8 Å². The number of nitrogens with one attached hydrogen (secondary N) is 2. The van der Waals surface area contributed by atoms with Gasteiger partial charge in [0.25, 0.3) is 0 Å². The standard InChI is InChI=1S/C34H36Br2N6O6/c35-26-15-20(16-27(36)30(26)43)17-29(31(44)40-11-5-22(6-12-40)21-3-9-37-10-4-21)39-33(47)41-13-7-25(8-14-41)42-19-24-2-1-23(32(45)46)18-28(24)38-34(42)48/h1-4,9-10,15-16,18,22,25,29,43H,5-8,11-14,17,19H2,(H,38,48)(H,39,47)(H,45,46)/t29-/m1/s1. The summed E-state index contributed by atoms with van der Waals surface area (Å²) in [6.45, 7) is 2.31. The van der Waals surface area contributed by atoms with E-state index in [9.17, 15) is 29.4 Å². The highest BCUT2D eigenvalue weighted by molar-refractivity contribution is 9.11. The van der Waals surface area contributed by atoms with Gasteiger partial charge in [0.1, 0.15) is 11.8 Å². The van der Waals surface area contributed by atoms with Crippen LogP contribution in [0.25, 0.3) is 0 Å². The number of carboxylic acid groups (broad SMARTS) is 1. The molecule has 1 atom stereocenters. The number of halogens is 2. The van der Waals surface area contributed by atoms with E-state index in [0.29, 0.717) is 66.1 Å². The first kappa shape index (κ1) is 33.7. The molecular formula is C34H36Br2N6O6. The lowest BCUT2D eigenvalue weighted by atomic mass is 9.89. The Balaban J connectivity index is 1.10. The number of carbonyl (C=O) groups excluding carboxylic acids is 3. The van der Waals surface area contributed by atoms with E-state index < -0.39 is 12.0 Å². The second kappa shape index (κ2) is 14.5. The van der Waals surface area contributed by atoms with Crippen molar-refractivity contribution in [3.05, 3.63) is 86.1 Å². The average Bonchev–Trinajstić information content (AvgIpc) is 3.10. The summed E-state index contributed by atoms with van der Waals surface area (Å²) in [5.41, 5.74) is 3.42. The Kier molecular flexibility index (Phi) is 10.2. The van der Waals surface area contributed by atoms with Crippen LogP contribution in [-0.2, 0) is 17.8 Å². The lowest BCUT2D eigenvalue weighted by Crippen LogP contribution is -2.57. The van der Waals surface area contributed by atoms with Crippen LogP contribution < -0.4 is 10.6 Å². The molecule has 3 aromatic rings. The van der Waals surface area contributed by atoms with Crippen molar-refractivity contribution in [1.29, 1.82) is 0 Å². The third-order valence-corrected chi connectivity index (χ3v) is 10.7. The van der Waals surface area contributed by atoms with E-state index >= 15 is 0 Å². The molecule has 3 aliphatic heterocycles. The van der Waals surface area contributed by atoms with Gasteiger partial charge in [-0.2, -0.15) is 0 Å². The molecule has 0 radical (unpaired) electrons. The van der Waals surface area contributed by atoms with Crippen LogP contribution in [0.1, 0.15) is 58.6 Å². The second-order valence-corrected chi connectivity index (χ2v) is 14.2. The zero-order chi connectivity index (χ0) is 33.9. The number of piperidine rings is 2. The van der Waals surface area contributed by atoms with Gasteiger partial charge in [0.2, 0.25) is 5.91 Å². The number of anilines is 1. The number of benzene rings is 2. The molecule has 0 saturated carbocycles. The zero-order valence-corrected chi connectivity index (χ0v) is 29.2. The number of hydrogen-bond donors (Lipinski definition) is 4. The van der Waals surface area contributed by atoms with Crippen LogP contribution in [-0.4, -0.2) is 92.1 Å². The Morgan fingerprint density at radius 2 is 1.58 bits per heavy atom. The molecule has 0 unspecified atom stereocenters. The SMILES string of the molecule is O=C(O)c1ccc2c(c1)NC(=O)N(C1CCN(C(=O)N[C@H](Cc3cc(Br)c(O)c(Br)c3)C(=O)N3CCC(c4ccncc4)CC3)CC1)C2. The molecule has 0 bridgehead atoms. The van der Waals surface area contributed by atoms with Crippen LogP contribution in [0.3, 0.4) is 0 Å². The van der Waals surface area contributed by atoms with Crippen LogP contribution >= 0.6 is 31.9 Å². The second-order valence-electron chi connectivity index (χ2n) is 12.4. The van der Waals surface area contributed by atoms with Crippen molar-refractivity contribution in [1.82, 2.24) is 25.0 Å². The minimum atomic E-state index is -1.06. The predicted molar refractivity (Wildman–Crippen MR) is 185 cm³/mol. The van der Waals surface area contributed by atoms with E-state index in [1.807, 2.05) is 17.0 Å². The lowest BCUT2D eigenvalue weighted by Gasteiger charge is -2.41. The molecular weight excluding hydrogens is 748 g/mol. The number of amides is 5. The summed E-state index contributed by atoms with van der Waals surface area (Å²) in [5, 5.41) is 25.3.